The van der Waals surface area contributed by atoms with Crippen LogP contribution in [0.2, 0.25) is 5.02 Å². The van der Waals surface area contributed by atoms with Gasteiger partial charge in [-0.3, -0.25) is 19.7 Å². The zero-order valence-corrected chi connectivity index (χ0v) is 17.5. The second kappa shape index (κ2) is 9.35. The standard InChI is InChI=1S/C20H19ClN6O4/c1-3-9-22-19(28)16-8-7-13(10-17(16)21)23-20(29)18-12(2)26(25-24-18)14-5-4-6-15(11-14)27(30)31/h4-8,10-11H,3,9H2,1-2H3,(H,22,28)(H,23,29). The van der Waals surface area contributed by atoms with Gasteiger partial charge in [0.05, 0.1) is 26.9 Å². The van der Waals surface area contributed by atoms with Crippen molar-refractivity contribution in [1.82, 2.24) is 20.3 Å². The molecule has 1 heterocycles. The van der Waals surface area contributed by atoms with E-state index >= 15 is 0 Å². The van der Waals surface area contributed by atoms with E-state index in [4.69, 9.17) is 11.6 Å². The van der Waals surface area contributed by atoms with Gasteiger partial charge in [-0.2, -0.15) is 0 Å². The highest BCUT2D eigenvalue weighted by molar-refractivity contribution is 6.34. The van der Waals surface area contributed by atoms with E-state index in [9.17, 15) is 19.7 Å². The predicted molar refractivity (Wildman–Crippen MR) is 115 cm³/mol. The van der Waals surface area contributed by atoms with E-state index in [1.54, 1.807) is 19.1 Å². The molecular formula is C20H19ClN6O4. The third kappa shape index (κ3) is 4.86. The number of aromatic nitrogens is 3. The summed E-state index contributed by atoms with van der Waals surface area (Å²) in [5, 5.41) is 24.4. The first-order valence-electron chi connectivity index (χ1n) is 9.38. The van der Waals surface area contributed by atoms with Gasteiger partial charge in [0, 0.05) is 24.4 Å². The molecule has 0 aliphatic heterocycles. The van der Waals surface area contributed by atoms with Gasteiger partial charge in [0.15, 0.2) is 5.69 Å². The Morgan fingerprint density at radius 3 is 2.65 bits per heavy atom. The molecule has 2 amide bonds. The van der Waals surface area contributed by atoms with Crippen molar-refractivity contribution in [3.05, 3.63) is 74.6 Å². The van der Waals surface area contributed by atoms with Crippen LogP contribution >= 0.6 is 11.6 Å². The molecule has 1 aromatic heterocycles. The summed E-state index contributed by atoms with van der Waals surface area (Å²) in [6, 6.07) is 10.4. The summed E-state index contributed by atoms with van der Waals surface area (Å²) in [5.74, 6) is -0.825. The van der Waals surface area contributed by atoms with Crippen molar-refractivity contribution in [1.29, 1.82) is 0 Å². The molecule has 10 nitrogen and oxygen atoms in total. The lowest BCUT2D eigenvalue weighted by Gasteiger charge is -2.09. The van der Waals surface area contributed by atoms with Gasteiger partial charge in [-0.15, -0.1) is 5.10 Å². The molecule has 0 spiro atoms. The molecule has 0 saturated heterocycles. The van der Waals surface area contributed by atoms with E-state index in [2.05, 4.69) is 20.9 Å². The van der Waals surface area contributed by atoms with E-state index in [1.807, 2.05) is 6.92 Å². The molecule has 0 bridgehead atoms. The van der Waals surface area contributed by atoms with Crippen LogP contribution in [0.15, 0.2) is 42.5 Å². The van der Waals surface area contributed by atoms with Crippen LogP contribution in [0.3, 0.4) is 0 Å². The normalized spacial score (nSPS) is 10.5. The van der Waals surface area contributed by atoms with Crippen LogP contribution in [-0.4, -0.2) is 38.3 Å². The smallest absolute Gasteiger partial charge is 0.278 e. The van der Waals surface area contributed by atoms with Gasteiger partial charge in [-0.1, -0.05) is 29.8 Å². The minimum atomic E-state index is -0.534. The average Bonchev–Trinajstić information content (AvgIpc) is 3.13. The highest BCUT2D eigenvalue weighted by Crippen LogP contribution is 2.22. The lowest BCUT2D eigenvalue weighted by Crippen LogP contribution is -2.24. The fourth-order valence-corrected chi connectivity index (χ4v) is 3.09. The summed E-state index contributed by atoms with van der Waals surface area (Å²) >= 11 is 6.19. The number of carbonyl (C=O) groups is 2. The molecule has 0 radical (unpaired) electrons. The molecule has 160 valence electrons. The quantitative estimate of drug-likeness (QED) is 0.425. The van der Waals surface area contributed by atoms with Crippen LogP contribution < -0.4 is 10.6 Å². The van der Waals surface area contributed by atoms with Gasteiger partial charge in [-0.05, 0) is 37.6 Å². The number of carbonyl (C=O) groups excluding carboxylic acids is 2. The number of nitrogens with zero attached hydrogens (tertiary/aromatic N) is 4. The second-order valence-corrected chi connectivity index (χ2v) is 7.02. The fraction of sp³-hybridized carbons (Fsp3) is 0.200. The molecular weight excluding hydrogens is 424 g/mol. The lowest BCUT2D eigenvalue weighted by atomic mass is 10.2. The summed E-state index contributed by atoms with van der Waals surface area (Å²) in [5.41, 5.74) is 1.44. The van der Waals surface area contributed by atoms with Gasteiger partial charge in [0.25, 0.3) is 17.5 Å². The Balaban J connectivity index is 1.79. The summed E-state index contributed by atoms with van der Waals surface area (Å²) in [4.78, 5) is 35.2. The Kier molecular flexibility index (Phi) is 6.61. The minimum absolute atomic E-state index is 0.0485. The Morgan fingerprint density at radius 1 is 1.19 bits per heavy atom. The minimum Gasteiger partial charge on any atom is -0.352 e. The van der Waals surface area contributed by atoms with Crippen LogP contribution in [-0.2, 0) is 0 Å². The van der Waals surface area contributed by atoms with E-state index in [1.165, 1.54) is 35.0 Å². The molecule has 0 aliphatic carbocycles. The monoisotopic (exact) mass is 442 g/mol. The molecule has 3 aromatic rings. The molecule has 31 heavy (non-hydrogen) atoms. The second-order valence-electron chi connectivity index (χ2n) is 6.62. The molecule has 2 aromatic carbocycles. The topological polar surface area (TPSA) is 132 Å². The maximum atomic E-state index is 12.7. The number of amides is 2. The first-order valence-corrected chi connectivity index (χ1v) is 9.75. The number of hydrogen-bond acceptors (Lipinski definition) is 6. The van der Waals surface area contributed by atoms with Gasteiger partial charge < -0.3 is 10.6 Å². The largest absolute Gasteiger partial charge is 0.352 e. The number of nitrogens with one attached hydrogen (secondary N) is 2. The van der Waals surface area contributed by atoms with Crippen LogP contribution in [0.25, 0.3) is 5.69 Å². The number of hydrogen-bond donors (Lipinski definition) is 2. The van der Waals surface area contributed by atoms with Crippen molar-refractivity contribution < 1.29 is 14.5 Å². The zero-order valence-electron chi connectivity index (χ0n) is 16.8. The first kappa shape index (κ1) is 21.9. The molecule has 3 rings (SSSR count). The fourth-order valence-electron chi connectivity index (χ4n) is 2.82. The molecule has 0 aliphatic rings. The number of benzene rings is 2. The van der Waals surface area contributed by atoms with Crippen molar-refractivity contribution in [2.24, 2.45) is 0 Å². The van der Waals surface area contributed by atoms with Crippen LogP contribution in [0.1, 0.15) is 39.9 Å². The SMILES string of the molecule is CCCNC(=O)c1ccc(NC(=O)c2nnn(-c3cccc([N+](=O)[O-])c3)c2C)cc1Cl. The highest BCUT2D eigenvalue weighted by Gasteiger charge is 2.19. The van der Waals surface area contributed by atoms with Crippen molar-refractivity contribution in [2.75, 3.05) is 11.9 Å². The molecule has 11 heteroatoms. The number of nitro benzene ring substituents is 1. The summed E-state index contributed by atoms with van der Waals surface area (Å²) in [6.07, 6.45) is 0.799. The maximum absolute atomic E-state index is 12.7. The van der Waals surface area contributed by atoms with E-state index in [-0.39, 0.29) is 22.3 Å². The summed E-state index contributed by atoms with van der Waals surface area (Å²) in [7, 11) is 0. The third-order valence-electron chi connectivity index (χ3n) is 4.40. The lowest BCUT2D eigenvalue weighted by molar-refractivity contribution is -0.384. The average molecular weight is 443 g/mol. The number of anilines is 1. The van der Waals surface area contributed by atoms with Crippen LogP contribution in [0.5, 0.6) is 0 Å². The van der Waals surface area contributed by atoms with Crippen molar-refractivity contribution >= 4 is 34.8 Å². The number of non-ortho nitro benzene ring substituents is 1. The van der Waals surface area contributed by atoms with Gasteiger partial charge in [0.2, 0.25) is 0 Å². The van der Waals surface area contributed by atoms with Crippen LogP contribution in [0.4, 0.5) is 11.4 Å². The Labute approximate surface area is 182 Å². The zero-order chi connectivity index (χ0) is 22.5. The molecule has 0 atom stereocenters. The molecule has 0 unspecified atom stereocenters. The van der Waals surface area contributed by atoms with Crippen molar-refractivity contribution in [3.8, 4) is 5.69 Å². The van der Waals surface area contributed by atoms with Crippen molar-refractivity contribution in [3.63, 3.8) is 0 Å². The number of nitro groups is 1. The number of halogens is 1. The molecule has 0 fully saturated rings. The third-order valence-corrected chi connectivity index (χ3v) is 4.71. The van der Waals surface area contributed by atoms with Gasteiger partial charge in [-0.25, -0.2) is 4.68 Å². The van der Waals surface area contributed by atoms with E-state index in [0.29, 0.717) is 29.2 Å². The molecule has 2 N–H and O–H groups in total. The van der Waals surface area contributed by atoms with E-state index in [0.717, 1.165) is 6.42 Å². The maximum Gasteiger partial charge on any atom is 0.278 e. The number of rotatable bonds is 7. The molecule has 0 saturated carbocycles. The van der Waals surface area contributed by atoms with E-state index < -0.39 is 10.8 Å². The highest BCUT2D eigenvalue weighted by atomic mass is 35.5. The van der Waals surface area contributed by atoms with Gasteiger partial charge in [0.1, 0.15) is 0 Å². The van der Waals surface area contributed by atoms with Gasteiger partial charge >= 0.3 is 0 Å². The first-order chi connectivity index (χ1) is 14.8. The Morgan fingerprint density at radius 2 is 1.97 bits per heavy atom. The summed E-state index contributed by atoms with van der Waals surface area (Å²) < 4.78 is 1.34. The van der Waals surface area contributed by atoms with Crippen molar-refractivity contribution in [2.45, 2.75) is 20.3 Å². The van der Waals surface area contributed by atoms with Crippen LogP contribution in [0, 0.1) is 17.0 Å². The Bertz CT molecular complexity index is 1160. The predicted octanol–water partition coefficient (Wildman–Crippen LogP) is 3.53. The Hall–Kier alpha value is -3.79. The summed E-state index contributed by atoms with van der Waals surface area (Å²) in [6.45, 7) is 4.10.